The Hall–Kier alpha value is -2.39. The zero-order valence-corrected chi connectivity index (χ0v) is 11.8. The summed E-state index contributed by atoms with van der Waals surface area (Å²) in [4.78, 5) is 9.64. The van der Waals surface area contributed by atoms with E-state index in [-0.39, 0.29) is 22.7 Å². The van der Waals surface area contributed by atoms with E-state index in [4.69, 9.17) is 0 Å². The Kier molecular flexibility index (Phi) is 4.48. The van der Waals surface area contributed by atoms with Crippen molar-refractivity contribution in [1.82, 2.24) is 4.72 Å². The summed E-state index contributed by atoms with van der Waals surface area (Å²) in [6.07, 6.45) is 0. The Bertz CT molecular complexity index is 825. The standard InChI is InChI=1S/C13H10F2N2O4S/c14-12-5-4-9(6-13(12)15)8-16-22(20,21)11-3-1-2-10(7-11)17(18)19/h1-7,16H,8H2. The average Bonchev–Trinajstić information content (AvgIpc) is 2.48. The van der Waals surface area contributed by atoms with E-state index in [0.717, 1.165) is 24.3 Å². The fourth-order valence-electron chi connectivity index (χ4n) is 1.68. The van der Waals surface area contributed by atoms with Gasteiger partial charge in [-0.3, -0.25) is 10.1 Å². The second-order valence-corrected chi connectivity index (χ2v) is 6.09. The highest BCUT2D eigenvalue weighted by Crippen LogP contribution is 2.17. The van der Waals surface area contributed by atoms with Crippen LogP contribution in [0.3, 0.4) is 0 Å². The minimum Gasteiger partial charge on any atom is -0.258 e. The molecular weight excluding hydrogens is 318 g/mol. The molecule has 0 fully saturated rings. The summed E-state index contributed by atoms with van der Waals surface area (Å²) in [5.41, 5.74) is -0.149. The number of benzene rings is 2. The van der Waals surface area contributed by atoms with Crippen LogP contribution in [0.15, 0.2) is 47.4 Å². The third kappa shape index (κ3) is 3.62. The molecule has 0 saturated heterocycles. The number of nitrogens with one attached hydrogen (secondary N) is 1. The molecule has 0 aliphatic heterocycles. The lowest BCUT2D eigenvalue weighted by Gasteiger charge is -2.07. The van der Waals surface area contributed by atoms with Crippen LogP contribution < -0.4 is 4.72 Å². The number of hydrogen-bond acceptors (Lipinski definition) is 4. The van der Waals surface area contributed by atoms with Gasteiger partial charge in [-0.1, -0.05) is 12.1 Å². The molecule has 1 N–H and O–H groups in total. The molecule has 2 rings (SSSR count). The molecule has 0 amide bonds. The molecule has 0 unspecified atom stereocenters. The van der Waals surface area contributed by atoms with E-state index >= 15 is 0 Å². The second kappa shape index (κ2) is 6.16. The van der Waals surface area contributed by atoms with Gasteiger partial charge in [-0.2, -0.15) is 0 Å². The highest BCUT2D eigenvalue weighted by molar-refractivity contribution is 7.89. The van der Waals surface area contributed by atoms with Gasteiger partial charge in [0.15, 0.2) is 11.6 Å². The molecule has 22 heavy (non-hydrogen) atoms. The van der Waals surface area contributed by atoms with Crippen LogP contribution in [0, 0.1) is 21.7 Å². The first-order valence-electron chi connectivity index (χ1n) is 5.97. The molecule has 0 atom stereocenters. The van der Waals surface area contributed by atoms with Crippen molar-refractivity contribution < 1.29 is 22.1 Å². The maximum atomic E-state index is 13.0. The zero-order chi connectivity index (χ0) is 16.3. The molecule has 9 heteroatoms. The lowest BCUT2D eigenvalue weighted by Crippen LogP contribution is -2.23. The Morgan fingerprint density at radius 1 is 1.09 bits per heavy atom. The summed E-state index contributed by atoms with van der Waals surface area (Å²) in [5.74, 6) is -2.13. The first-order valence-corrected chi connectivity index (χ1v) is 7.46. The molecule has 0 radical (unpaired) electrons. The first kappa shape index (κ1) is 16.0. The Morgan fingerprint density at radius 2 is 1.82 bits per heavy atom. The van der Waals surface area contributed by atoms with Crippen molar-refractivity contribution in [2.24, 2.45) is 0 Å². The van der Waals surface area contributed by atoms with Crippen molar-refractivity contribution >= 4 is 15.7 Å². The van der Waals surface area contributed by atoms with Gasteiger partial charge in [0.05, 0.1) is 9.82 Å². The lowest BCUT2D eigenvalue weighted by atomic mass is 10.2. The van der Waals surface area contributed by atoms with Gasteiger partial charge in [-0.05, 0) is 23.8 Å². The molecule has 0 aliphatic carbocycles. The Morgan fingerprint density at radius 3 is 2.45 bits per heavy atom. The number of sulfonamides is 1. The van der Waals surface area contributed by atoms with Crippen LogP contribution in [0.1, 0.15) is 5.56 Å². The molecule has 0 aromatic heterocycles. The highest BCUT2D eigenvalue weighted by atomic mass is 32.2. The molecule has 0 bridgehead atoms. The number of halogens is 2. The molecule has 2 aromatic carbocycles. The lowest BCUT2D eigenvalue weighted by molar-refractivity contribution is -0.385. The predicted molar refractivity (Wildman–Crippen MR) is 73.5 cm³/mol. The summed E-state index contributed by atoms with van der Waals surface area (Å²) in [6, 6.07) is 7.48. The molecule has 2 aromatic rings. The molecule has 6 nitrogen and oxygen atoms in total. The number of nitro benzene ring substituents is 1. The number of nitro groups is 1. The number of non-ortho nitro benzene ring substituents is 1. The van der Waals surface area contributed by atoms with Crippen molar-refractivity contribution in [1.29, 1.82) is 0 Å². The van der Waals surface area contributed by atoms with Gasteiger partial charge in [-0.15, -0.1) is 0 Å². The van der Waals surface area contributed by atoms with E-state index in [0.29, 0.717) is 0 Å². The summed E-state index contributed by atoms with van der Waals surface area (Å²) in [5, 5.41) is 10.6. The molecule has 0 aliphatic rings. The molecular formula is C13H10F2N2O4S. The van der Waals surface area contributed by atoms with Crippen LogP contribution in [0.25, 0.3) is 0 Å². The summed E-state index contributed by atoms with van der Waals surface area (Å²) >= 11 is 0. The van der Waals surface area contributed by atoms with E-state index in [2.05, 4.69) is 4.72 Å². The van der Waals surface area contributed by atoms with E-state index < -0.39 is 26.6 Å². The van der Waals surface area contributed by atoms with Crippen LogP contribution >= 0.6 is 0 Å². The topological polar surface area (TPSA) is 89.3 Å². The maximum Gasteiger partial charge on any atom is 0.270 e. The number of rotatable bonds is 5. The van der Waals surface area contributed by atoms with E-state index in [1.54, 1.807) is 0 Å². The van der Waals surface area contributed by atoms with E-state index in [9.17, 15) is 27.3 Å². The molecule has 0 spiro atoms. The van der Waals surface area contributed by atoms with Crippen LogP contribution in [-0.4, -0.2) is 13.3 Å². The van der Waals surface area contributed by atoms with Crippen LogP contribution in [0.4, 0.5) is 14.5 Å². The van der Waals surface area contributed by atoms with Gasteiger partial charge < -0.3 is 0 Å². The second-order valence-electron chi connectivity index (χ2n) is 4.33. The predicted octanol–water partition coefficient (Wildman–Crippen LogP) is 2.35. The third-order valence-electron chi connectivity index (χ3n) is 2.79. The fraction of sp³-hybridized carbons (Fsp3) is 0.0769. The first-order chi connectivity index (χ1) is 10.3. The minimum absolute atomic E-state index is 0.216. The molecule has 0 saturated carbocycles. The normalized spacial score (nSPS) is 11.4. The van der Waals surface area contributed by atoms with Gasteiger partial charge >= 0.3 is 0 Å². The number of nitrogens with zero attached hydrogens (tertiary/aromatic N) is 1. The Labute approximate surface area is 124 Å². The molecule has 0 heterocycles. The minimum atomic E-state index is -4.01. The maximum absolute atomic E-state index is 13.0. The van der Waals surface area contributed by atoms with Crippen LogP contribution in [-0.2, 0) is 16.6 Å². The van der Waals surface area contributed by atoms with Gasteiger partial charge in [0.25, 0.3) is 5.69 Å². The summed E-state index contributed by atoms with van der Waals surface area (Å²) in [6.45, 7) is -0.276. The van der Waals surface area contributed by atoms with Gasteiger partial charge in [0.2, 0.25) is 10.0 Å². The highest BCUT2D eigenvalue weighted by Gasteiger charge is 2.17. The molecule has 116 valence electrons. The largest absolute Gasteiger partial charge is 0.270 e. The van der Waals surface area contributed by atoms with Gasteiger partial charge in [0, 0.05) is 18.7 Å². The smallest absolute Gasteiger partial charge is 0.258 e. The van der Waals surface area contributed by atoms with Crippen molar-refractivity contribution in [2.75, 3.05) is 0 Å². The summed E-state index contributed by atoms with van der Waals surface area (Å²) < 4.78 is 52.0. The van der Waals surface area contributed by atoms with Crippen molar-refractivity contribution in [3.05, 3.63) is 69.8 Å². The van der Waals surface area contributed by atoms with Crippen molar-refractivity contribution in [3.8, 4) is 0 Å². The van der Waals surface area contributed by atoms with Crippen LogP contribution in [0.2, 0.25) is 0 Å². The quantitative estimate of drug-likeness (QED) is 0.674. The third-order valence-corrected chi connectivity index (χ3v) is 4.19. The number of hydrogen-bond donors (Lipinski definition) is 1. The van der Waals surface area contributed by atoms with Crippen LogP contribution in [0.5, 0.6) is 0 Å². The van der Waals surface area contributed by atoms with Gasteiger partial charge in [0.1, 0.15) is 0 Å². The van der Waals surface area contributed by atoms with E-state index in [1.807, 2.05) is 0 Å². The van der Waals surface area contributed by atoms with E-state index in [1.165, 1.54) is 18.2 Å². The summed E-state index contributed by atoms with van der Waals surface area (Å²) in [7, 11) is -4.01. The average molecular weight is 328 g/mol. The zero-order valence-electron chi connectivity index (χ0n) is 11.0. The van der Waals surface area contributed by atoms with Crippen molar-refractivity contribution in [3.63, 3.8) is 0 Å². The SMILES string of the molecule is O=[N+]([O-])c1cccc(S(=O)(=O)NCc2ccc(F)c(F)c2)c1. The van der Waals surface area contributed by atoms with Crippen molar-refractivity contribution in [2.45, 2.75) is 11.4 Å². The fourth-order valence-corrected chi connectivity index (χ4v) is 2.73. The monoisotopic (exact) mass is 328 g/mol. The Balaban J connectivity index is 2.19. The van der Waals surface area contributed by atoms with Gasteiger partial charge in [-0.25, -0.2) is 21.9 Å².